The summed E-state index contributed by atoms with van der Waals surface area (Å²) >= 11 is 0. The van der Waals surface area contributed by atoms with Crippen LogP contribution in [-0.4, -0.2) is 42.3 Å². The van der Waals surface area contributed by atoms with Gasteiger partial charge in [-0.2, -0.15) is 0 Å². The number of piperidine rings is 1. The monoisotopic (exact) mass is 335 g/mol. The van der Waals surface area contributed by atoms with E-state index in [4.69, 9.17) is 14.3 Å². The minimum absolute atomic E-state index is 0.227. The number of halogens is 1. The normalized spacial score (nSPS) is 16.8. The molecule has 24 heavy (non-hydrogen) atoms. The van der Waals surface area contributed by atoms with Crippen LogP contribution < -0.4 is 0 Å². The molecule has 1 aromatic heterocycles. The van der Waals surface area contributed by atoms with Gasteiger partial charge in [-0.3, -0.25) is 4.90 Å². The van der Waals surface area contributed by atoms with E-state index in [1.54, 1.807) is 6.07 Å². The molecule has 0 spiro atoms. The van der Waals surface area contributed by atoms with Crippen molar-refractivity contribution in [2.75, 3.05) is 26.3 Å². The molecule has 0 saturated carbocycles. The van der Waals surface area contributed by atoms with Gasteiger partial charge in [0.05, 0.1) is 13.2 Å². The van der Waals surface area contributed by atoms with Crippen LogP contribution in [0.5, 0.6) is 0 Å². The molecule has 0 radical (unpaired) electrons. The van der Waals surface area contributed by atoms with Gasteiger partial charge in [-0.15, -0.1) is 0 Å². The number of furan rings is 1. The van der Waals surface area contributed by atoms with Gasteiger partial charge in [0.25, 0.3) is 0 Å². The van der Waals surface area contributed by atoms with Gasteiger partial charge in [-0.1, -0.05) is 0 Å². The first-order chi connectivity index (χ1) is 11.5. The number of carboxylic acids is 1. The molecule has 1 fully saturated rings. The summed E-state index contributed by atoms with van der Waals surface area (Å²) in [6, 6.07) is 4.61. The summed E-state index contributed by atoms with van der Waals surface area (Å²) in [4.78, 5) is 12.8. The van der Waals surface area contributed by atoms with E-state index in [0.29, 0.717) is 19.1 Å². The first-order valence-electron chi connectivity index (χ1n) is 8.22. The topological polar surface area (TPSA) is 62.9 Å². The standard InChI is InChI=1S/C18H22FNO4/c1-12-15-8-14(19)2-3-16(15)24-17(12)9-20-6-4-13(5-7-20)10-23-11-18(21)22/h2-3,8,13H,4-7,9-11H2,1H3,(H,21,22). The Morgan fingerprint density at radius 3 is 2.88 bits per heavy atom. The van der Waals surface area contributed by atoms with Crippen molar-refractivity contribution in [3.8, 4) is 0 Å². The van der Waals surface area contributed by atoms with Crippen molar-refractivity contribution in [1.82, 2.24) is 4.90 Å². The molecule has 130 valence electrons. The fraction of sp³-hybridized carbons (Fsp3) is 0.500. The van der Waals surface area contributed by atoms with Gasteiger partial charge in [0, 0.05) is 5.39 Å². The molecular weight excluding hydrogens is 313 g/mol. The number of aliphatic carboxylic acids is 1. The second-order valence-electron chi connectivity index (χ2n) is 6.42. The van der Waals surface area contributed by atoms with Gasteiger partial charge < -0.3 is 14.3 Å². The van der Waals surface area contributed by atoms with E-state index in [1.165, 1.54) is 12.1 Å². The van der Waals surface area contributed by atoms with Crippen molar-refractivity contribution >= 4 is 16.9 Å². The van der Waals surface area contributed by atoms with E-state index in [-0.39, 0.29) is 12.4 Å². The van der Waals surface area contributed by atoms with Crippen molar-refractivity contribution in [1.29, 1.82) is 0 Å². The Balaban J connectivity index is 1.55. The number of fused-ring (bicyclic) bond motifs is 1. The van der Waals surface area contributed by atoms with Gasteiger partial charge in [-0.05, 0) is 62.5 Å². The molecular formula is C18H22FNO4. The number of hydrogen-bond acceptors (Lipinski definition) is 4. The highest BCUT2D eigenvalue weighted by atomic mass is 19.1. The summed E-state index contributed by atoms with van der Waals surface area (Å²) in [5.41, 5.74) is 1.72. The molecule has 6 heteroatoms. The smallest absolute Gasteiger partial charge is 0.329 e. The molecule has 0 bridgehead atoms. The maximum atomic E-state index is 13.4. The molecule has 1 aliphatic rings. The summed E-state index contributed by atoms with van der Waals surface area (Å²) in [6.07, 6.45) is 1.96. The summed E-state index contributed by atoms with van der Waals surface area (Å²) in [7, 11) is 0. The lowest BCUT2D eigenvalue weighted by atomic mass is 9.97. The van der Waals surface area contributed by atoms with E-state index in [0.717, 1.165) is 48.2 Å². The van der Waals surface area contributed by atoms with Crippen molar-refractivity contribution in [3.05, 3.63) is 35.3 Å². The van der Waals surface area contributed by atoms with Crippen LogP contribution >= 0.6 is 0 Å². The van der Waals surface area contributed by atoms with Gasteiger partial charge >= 0.3 is 5.97 Å². The number of carboxylic acid groups (broad SMARTS) is 1. The van der Waals surface area contributed by atoms with Crippen molar-refractivity contribution < 1.29 is 23.4 Å². The number of ether oxygens (including phenoxy) is 1. The third-order valence-electron chi connectivity index (χ3n) is 4.65. The van der Waals surface area contributed by atoms with Crippen LogP contribution in [0.4, 0.5) is 4.39 Å². The number of aryl methyl sites for hydroxylation is 1. The Morgan fingerprint density at radius 2 is 2.17 bits per heavy atom. The zero-order valence-corrected chi connectivity index (χ0v) is 13.8. The van der Waals surface area contributed by atoms with E-state index in [1.807, 2.05) is 6.92 Å². The maximum Gasteiger partial charge on any atom is 0.329 e. The Kier molecular flexibility index (Phi) is 5.16. The third-order valence-corrected chi connectivity index (χ3v) is 4.65. The van der Waals surface area contributed by atoms with Gasteiger partial charge in [0.2, 0.25) is 0 Å². The average Bonchev–Trinajstić information content (AvgIpc) is 2.85. The third kappa shape index (κ3) is 3.94. The van der Waals surface area contributed by atoms with Crippen LogP contribution in [0, 0.1) is 18.7 Å². The van der Waals surface area contributed by atoms with Crippen molar-refractivity contribution in [2.45, 2.75) is 26.3 Å². The summed E-state index contributed by atoms with van der Waals surface area (Å²) < 4.78 is 24.4. The molecule has 0 unspecified atom stereocenters. The lowest BCUT2D eigenvalue weighted by molar-refractivity contribution is -0.142. The largest absolute Gasteiger partial charge is 0.480 e. The van der Waals surface area contributed by atoms with Gasteiger partial charge in [0.1, 0.15) is 23.8 Å². The summed E-state index contributed by atoms with van der Waals surface area (Å²) in [5, 5.41) is 9.42. The average molecular weight is 335 g/mol. The molecule has 5 nitrogen and oxygen atoms in total. The molecule has 0 aliphatic carbocycles. The van der Waals surface area contributed by atoms with Crippen LogP contribution in [0.2, 0.25) is 0 Å². The summed E-state index contributed by atoms with van der Waals surface area (Å²) in [6.45, 7) is 4.80. The SMILES string of the molecule is Cc1c(CN2CCC(COCC(=O)O)CC2)oc2ccc(F)cc12. The Labute approximate surface area is 140 Å². The predicted octanol–water partition coefficient (Wildman–Crippen LogP) is 3.19. The fourth-order valence-corrected chi connectivity index (χ4v) is 3.22. The van der Waals surface area contributed by atoms with Crippen molar-refractivity contribution in [2.24, 2.45) is 5.92 Å². The van der Waals surface area contributed by atoms with Crippen LogP contribution in [0.15, 0.2) is 22.6 Å². The number of hydrogen-bond donors (Lipinski definition) is 1. The minimum atomic E-state index is -0.927. The summed E-state index contributed by atoms with van der Waals surface area (Å²) in [5.74, 6) is 0.118. The minimum Gasteiger partial charge on any atom is -0.480 e. The first-order valence-corrected chi connectivity index (χ1v) is 8.22. The molecule has 1 N–H and O–H groups in total. The number of benzene rings is 1. The van der Waals surface area contributed by atoms with E-state index >= 15 is 0 Å². The molecule has 0 atom stereocenters. The molecule has 1 aliphatic heterocycles. The number of carbonyl (C=O) groups is 1. The molecule has 2 aromatic rings. The maximum absolute atomic E-state index is 13.4. The fourth-order valence-electron chi connectivity index (χ4n) is 3.22. The highest BCUT2D eigenvalue weighted by Crippen LogP contribution is 2.28. The molecule has 3 rings (SSSR count). The van der Waals surface area contributed by atoms with Crippen molar-refractivity contribution in [3.63, 3.8) is 0 Å². The molecule has 1 aromatic carbocycles. The number of likely N-dealkylation sites (tertiary alicyclic amines) is 1. The zero-order valence-electron chi connectivity index (χ0n) is 13.8. The van der Waals surface area contributed by atoms with Crippen LogP contribution in [-0.2, 0) is 16.1 Å². The van der Waals surface area contributed by atoms with Gasteiger partial charge in [0.15, 0.2) is 0 Å². The van der Waals surface area contributed by atoms with E-state index < -0.39 is 5.97 Å². The first kappa shape index (κ1) is 16.9. The predicted molar refractivity (Wildman–Crippen MR) is 87.4 cm³/mol. The quantitative estimate of drug-likeness (QED) is 0.878. The lowest BCUT2D eigenvalue weighted by Gasteiger charge is -2.31. The Bertz CT molecular complexity index is 719. The lowest BCUT2D eigenvalue weighted by Crippen LogP contribution is -2.34. The van der Waals surface area contributed by atoms with Crippen LogP contribution in [0.1, 0.15) is 24.2 Å². The number of rotatable bonds is 6. The van der Waals surface area contributed by atoms with E-state index in [2.05, 4.69) is 4.90 Å². The highest BCUT2D eigenvalue weighted by molar-refractivity contribution is 5.82. The molecule has 0 amide bonds. The number of nitrogens with zero attached hydrogens (tertiary/aromatic N) is 1. The second-order valence-corrected chi connectivity index (χ2v) is 6.42. The molecule has 2 heterocycles. The van der Waals surface area contributed by atoms with Crippen LogP contribution in [0.3, 0.4) is 0 Å². The van der Waals surface area contributed by atoms with Crippen LogP contribution in [0.25, 0.3) is 11.0 Å². The van der Waals surface area contributed by atoms with E-state index in [9.17, 15) is 9.18 Å². The van der Waals surface area contributed by atoms with Gasteiger partial charge in [-0.25, -0.2) is 9.18 Å². The Morgan fingerprint density at radius 1 is 1.42 bits per heavy atom. The zero-order chi connectivity index (χ0) is 17.1. The Hall–Kier alpha value is -1.92. The second kappa shape index (κ2) is 7.32. The molecule has 1 saturated heterocycles. The highest BCUT2D eigenvalue weighted by Gasteiger charge is 2.22.